The Kier molecular flexibility index (Phi) is 2.44. The maximum Gasteiger partial charge on any atom is 0.269 e. The molecule has 0 radical (unpaired) electrons. The number of aryl methyl sites for hydroxylation is 1. The van der Waals surface area contributed by atoms with Crippen LogP contribution in [0.1, 0.15) is 17.0 Å². The summed E-state index contributed by atoms with van der Waals surface area (Å²) in [5.41, 5.74) is 2.48. The molecule has 0 aliphatic carbocycles. The summed E-state index contributed by atoms with van der Waals surface area (Å²) >= 11 is 0. The molecule has 2 rings (SSSR count). The quantitative estimate of drug-likeness (QED) is 0.548. The third kappa shape index (κ3) is 1.85. The van der Waals surface area contributed by atoms with Crippen molar-refractivity contribution in [1.82, 2.24) is 4.90 Å². The average Bonchev–Trinajstić information content (AvgIpc) is 2.14. The highest BCUT2D eigenvalue weighted by Gasteiger charge is 2.27. The lowest BCUT2D eigenvalue weighted by Gasteiger charge is -2.37. The van der Waals surface area contributed by atoms with Crippen LogP contribution in [-0.4, -0.2) is 30.0 Å². The third-order valence-corrected chi connectivity index (χ3v) is 2.98. The van der Waals surface area contributed by atoms with E-state index in [1.165, 1.54) is 0 Å². The average molecular weight is 206 g/mol. The van der Waals surface area contributed by atoms with Crippen LogP contribution in [0.3, 0.4) is 0 Å². The first kappa shape index (κ1) is 10.1. The molecular weight excluding hydrogens is 192 g/mol. The molecule has 0 N–H and O–H groups in total. The molecule has 80 valence electrons. The zero-order valence-electron chi connectivity index (χ0n) is 8.93. The van der Waals surface area contributed by atoms with Gasteiger partial charge in [-0.3, -0.25) is 10.1 Å². The van der Waals surface area contributed by atoms with E-state index in [4.69, 9.17) is 0 Å². The van der Waals surface area contributed by atoms with Gasteiger partial charge in [0.25, 0.3) is 5.69 Å². The molecule has 4 nitrogen and oxygen atoms in total. The Bertz CT molecular complexity index is 398. The number of nitro groups is 1. The molecule has 0 atom stereocenters. The molecule has 1 aromatic rings. The first-order chi connectivity index (χ1) is 7.08. The Hall–Kier alpha value is -1.42. The molecule has 1 aromatic carbocycles. The van der Waals surface area contributed by atoms with Crippen LogP contribution in [0.4, 0.5) is 5.69 Å². The number of likely N-dealkylation sites (tertiary alicyclic amines) is 1. The fraction of sp³-hybridized carbons (Fsp3) is 0.455. The van der Waals surface area contributed by atoms with E-state index in [1.807, 2.05) is 13.0 Å². The van der Waals surface area contributed by atoms with E-state index in [2.05, 4.69) is 11.9 Å². The number of rotatable bonds is 2. The normalized spacial score (nSPS) is 17.5. The van der Waals surface area contributed by atoms with Crippen molar-refractivity contribution in [2.75, 3.05) is 20.1 Å². The van der Waals surface area contributed by atoms with Crippen LogP contribution in [-0.2, 0) is 0 Å². The minimum absolute atomic E-state index is 0.199. The summed E-state index contributed by atoms with van der Waals surface area (Å²) in [5.74, 6) is 0.467. The van der Waals surface area contributed by atoms with Crippen LogP contribution in [0, 0.1) is 17.0 Å². The van der Waals surface area contributed by atoms with Crippen LogP contribution in [0.25, 0.3) is 0 Å². The monoisotopic (exact) mass is 206 g/mol. The minimum atomic E-state index is -0.328. The van der Waals surface area contributed by atoms with Gasteiger partial charge in [0.1, 0.15) is 0 Å². The zero-order valence-corrected chi connectivity index (χ0v) is 8.93. The minimum Gasteiger partial charge on any atom is -0.305 e. The zero-order chi connectivity index (χ0) is 11.0. The summed E-state index contributed by atoms with van der Waals surface area (Å²) in [7, 11) is 2.06. The van der Waals surface area contributed by atoms with E-state index >= 15 is 0 Å². The highest BCUT2D eigenvalue weighted by atomic mass is 16.6. The van der Waals surface area contributed by atoms with Crippen LogP contribution >= 0.6 is 0 Å². The maximum absolute atomic E-state index is 10.7. The molecule has 1 aliphatic rings. The second-order valence-corrected chi connectivity index (χ2v) is 4.22. The lowest BCUT2D eigenvalue weighted by Crippen LogP contribution is -2.42. The van der Waals surface area contributed by atoms with Gasteiger partial charge < -0.3 is 4.90 Å². The van der Waals surface area contributed by atoms with Gasteiger partial charge in [0.05, 0.1) is 4.92 Å². The van der Waals surface area contributed by atoms with E-state index in [0.29, 0.717) is 5.92 Å². The van der Waals surface area contributed by atoms with E-state index < -0.39 is 0 Å². The molecule has 0 aromatic heterocycles. The smallest absolute Gasteiger partial charge is 0.269 e. The predicted octanol–water partition coefficient (Wildman–Crippen LogP) is 1.93. The summed E-state index contributed by atoms with van der Waals surface area (Å²) in [6, 6.07) is 5.12. The van der Waals surface area contributed by atoms with Gasteiger partial charge in [-0.1, -0.05) is 6.07 Å². The molecule has 1 fully saturated rings. The van der Waals surface area contributed by atoms with Crippen molar-refractivity contribution in [1.29, 1.82) is 0 Å². The summed E-state index contributed by atoms with van der Waals surface area (Å²) < 4.78 is 0. The van der Waals surface area contributed by atoms with Gasteiger partial charge in [-0.25, -0.2) is 0 Å². The Labute approximate surface area is 88.7 Å². The van der Waals surface area contributed by atoms with Gasteiger partial charge in [0.15, 0.2) is 0 Å². The van der Waals surface area contributed by atoms with Crippen LogP contribution in [0.2, 0.25) is 0 Å². The van der Waals surface area contributed by atoms with Crippen molar-refractivity contribution in [2.24, 2.45) is 0 Å². The van der Waals surface area contributed by atoms with Gasteiger partial charge >= 0.3 is 0 Å². The molecule has 1 heterocycles. The first-order valence-electron chi connectivity index (χ1n) is 5.01. The van der Waals surface area contributed by atoms with Gasteiger partial charge in [0.2, 0.25) is 0 Å². The van der Waals surface area contributed by atoms with Crippen molar-refractivity contribution < 1.29 is 4.92 Å². The summed E-state index contributed by atoms with van der Waals surface area (Å²) in [4.78, 5) is 12.5. The standard InChI is InChI=1S/C11H14N2O2/c1-8-3-4-10(13(14)15)5-11(8)9-6-12(2)7-9/h3-5,9H,6-7H2,1-2H3. The second-order valence-electron chi connectivity index (χ2n) is 4.22. The summed E-state index contributed by atoms with van der Waals surface area (Å²) in [6.07, 6.45) is 0. The predicted molar refractivity (Wildman–Crippen MR) is 58.1 cm³/mol. The van der Waals surface area contributed by atoms with E-state index in [9.17, 15) is 10.1 Å². The molecule has 0 amide bonds. The molecule has 0 unspecified atom stereocenters. The van der Waals surface area contributed by atoms with Gasteiger partial charge in [-0.05, 0) is 25.1 Å². The third-order valence-electron chi connectivity index (χ3n) is 2.98. The molecule has 0 spiro atoms. The maximum atomic E-state index is 10.7. The number of likely N-dealkylation sites (N-methyl/N-ethyl adjacent to an activating group) is 1. The van der Waals surface area contributed by atoms with Crippen molar-refractivity contribution in [3.63, 3.8) is 0 Å². The van der Waals surface area contributed by atoms with Crippen molar-refractivity contribution in [3.8, 4) is 0 Å². The van der Waals surface area contributed by atoms with Crippen molar-refractivity contribution in [3.05, 3.63) is 39.4 Å². The van der Waals surface area contributed by atoms with Crippen molar-refractivity contribution in [2.45, 2.75) is 12.8 Å². The number of non-ortho nitro benzene ring substituents is 1. The van der Waals surface area contributed by atoms with E-state index in [-0.39, 0.29) is 10.6 Å². The first-order valence-corrected chi connectivity index (χ1v) is 5.01. The number of hydrogen-bond acceptors (Lipinski definition) is 3. The Morgan fingerprint density at radius 3 is 2.67 bits per heavy atom. The molecule has 4 heteroatoms. The Morgan fingerprint density at radius 1 is 1.47 bits per heavy atom. The van der Waals surface area contributed by atoms with E-state index in [0.717, 1.165) is 24.2 Å². The molecular formula is C11H14N2O2. The summed E-state index contributed by atoms with van der Waals surface area (Å²) in [6.45, 7) is 4.02. The largest absolute Gasteiger partial charge is 0.305 e. The van der Waals surface area contributed by atoms with Crippen molar-refractivity contribution >= 4 is 5.69 Å². The van der Waals surface area contributed by atoms with Gasteiger partial charge in [-0.15, -0.1) is 0 Å². The van der Waals surface area contributed by atoms with Gasteiger partial charge in [0, 0.05) is 31.1 Å². The van der Waals surface area contributed by atoms with Crippen LogP contribution in [0.15, 0.2) is 18.2 Å². The topological polar surface area (TPSA) is 46.4 Å². The number of nitrogens with zero attached hydrogens (tertiary/aromatic N) is 2. The fourth-order valence-electron chi connectivity index (χ4n) is 2.08. The molecule has 0 bridgehead atoms. The Balaban J connectivity index is 2.29. The number of nitro benzene ring substituents is 1. The molecule has 1 aliphatic heterocycles. The SMILES string of the molecule is Cc1ccc([N+](=O)[O-])cc1C1CN(C)C1. The fourth-order valence-corrected chi connectivity index (χ4v) is 2.08. The Morgan fingerprint density at radius 2 is 2.13 bits per heavy atom. The van der Waals surface area contributed by atoms with Crippen LogP contribution < -0.4 is 0 Å². The van der Waals surface area contributed by atoms with E-state index in [1.54, 1.807) is 12.1 Å². The molecule has 1 saturated heterocycles. The molecule has 0 saturated carbocycles. The number of hydrogen-bond donors (Lipinski definition) is 0. The highest BCUT2D eigenvalue weighted by Crippen LogP contribution is 2.30. The van der Waals surface area contributed by atoms with Gasteiger partial charge in [-0.2, -0.15) is 0 Å². The van der Waals surface area contributed by atoms with Crippen LogP contribution in [0.5, 0.6) is 0 Å². The molecule has 15 heavy (non-hydrogen) atoms. The lowest BCUT2D eigenvalue weighted by atomic mass is 9.88. The highest BCUT2D eigenvalue weighted by molar-refractivity contribution is 5.42. The second kappa shape index (κ2) is 3.62. The number of benzene rings is 1. The lowest BCUT2D eigenvalue weighted by molar-refractivity contribution is -0.385. The summed E-state index contributed by atoms with van der Waals surface area (Å²) in [5, 5.41) is 10.7.